The van der Waals surface area contributed by atoms with Crippen LogP contribution in [0, 0.1) is 6.92 Å². The molecular weight excluding hydrogens is 426 g/mol. The quantitative estimate of drug-likeness (QED) is 0.341. The number of ether oxygens (including phenoxy) is 2. The first kappa shape index (κ1) is 21.8. The molecule has 0 radical (unpaired) electrons. The lowest BCUT2D eigenvalue weighted by Gasteiger charge is -2.12. The van der Waals surface area contributed by atoms with Crippen molar-refractivity contribution in [3.63, 3.8) is 0 Å². The van der Waals surface area contributed by atoms with Gasteiger partial charge in [0.15, 0.2) is 12.4 Å². The Hall–Kier alpha value is -4.40. The molecule has 0 aliphatic heterocycles. The maximum Gasteiger partial charge on any atom is 0.343 e. The molecule has 33 heavy (non-hydrogen) atoms. The fraction of sp³-hybridized carbons (Fsp3) is 0.167. The smallest absolute Gasteiger partial charge is 0.343 e. The second-order valence-electron chi connectivity index (χ2n) is 7.12. The summed E-state index contributed by atoms with van der Waals surface area (Å²) in [5.74, 6) is -0.582. The number of para-hydroxylation sites is 1. The first-order valence-electron chi connectivity index (χ1n) is 10.2. The topological polar surface area (TPSA) is 113 Å². The molecular formula is C24H21N3O6. The van der Waals surface area contributed by atoms with E-state index in [1.54, 1.807) is 37.3 Å². The van der Waals surface area contributed by atoms with Crippen molar-refractivity contribution >= 4 is 28.7 Å². The standard InChI is InChI=1S/C24H21N3O6/c1-3-31-24(30)19-13-25-27(16-7-5-4-6-8-16)23(19)26-21(28)14-32-17-9-10-18-15(2)11-22(29)33-20(18)12-17/h4-13H,3,14H2,1-2H3,(H,26,28). The Labute approximate surface area is 188 Å². The summed E-state index contributed by atoms with van der Waals surface area (Å²) < 4.78 is 17.3. The first-order valence-corrected chi connectivity index (χ1v) is 10.2. The normalized spacial score (nSPS) is 10.7. The van der Waals surface area contributed by atoms with Gasteiger partial charge in [-0.2, -0.15) is 5.10 Å². The average molecular weight is 447 g/mol. The number of carbonyl (C=O) groups excluding carboxylic acids is 2. The molecule has 0 unspecified atom stereocenters. The Morgan fingerprint density at radius 3 is 2.67 bits per heavy atom. The second-order valence-corrected chi connectivity index (χ2v) is 7.12. The van der Waals surface area contributed by atoms with Gasteiger partial charge in [0.05, 0.1) is 18.5 Å². The predicted octanol–water partition coefficient (Wildman–Crippen LogP) is 3.48. The van der Waals surface area contributed by atoms with E-state index in [1.807, 2.05) is 25.1 Å². The highest BCUT2D eigenvalue weighted by Gasteiger charge is 2.21. The monoisotopic (exact) mass is 447 g/mol. The van der Waals surface area contributed by atoms with E-state index >= 15 is 0 Å². The number of aryl methyl sites for hydroxylation is 1. The van der Waals surface area contributed by atoms with Crippen LogP contribution >= 0.6 is 0 Å². The minimum atomic E-state index is -0.601. The summed E-state index contributed by atoms with van der Waals surface area (Å²) in [7, 11) is 0. The molecule has 168 valence electrons. The molecule has 0 bridgehead atoms. The van der Waals surface area contributed by atoms with E-state index < -0.39 is 17.5 Å². The van der Waals surface area contributed by atoms with Crippen molar-refractivity contribution in [3.8, 4) is 11.4 Å². The Morgan fingerprint density at radius 2 is 1.91 bits per heavy atom. The summed E-state index contributed by atoms with van der Waals surface area (Å²) in [5.41, 5.74) is 1.47. The summed E-state index contributed by atoms with van der Waals surface area (Å²) in [6, 6.07) is 15.5. The zero-order valence-corrected chi connectivity index (χ0v) is 18.0. The van der Waals surface area contributed by atoms with Crippen LogP contribution in [0.4, 0.5) is 5.82 Å². The summed E-state index contributed by atoms with van der Waals surface area (Å²) in [5, 5.41) is 7.69. The largest absolute Gasteiger partial charge is 0.484 e. The van der Waals surface area contributed by atoms with Gasteiger partial charge in [-0.3, -0.25) is 4.79 Å². The van der Waals surface area contributed by atoms with Gasteiger partial charge in [0.2, 0.25) is 0 Å². The molecule has 0 saturated heterocycles. The second kappa shape index (κ2) is 9.39. The van der Waals surface area contributed by atoms with Gasteiger partial charge >= 0.3 is 11.6 Å². The van der Waals surface area contributed by atoms with E-state index in [0.717, 1.165) is 10.9 Å². The summed E-state index contributed by atoms with van der Waals surface area (Å²) >= 11 is 0. The van der Waals surface area contributed by atoms with E-state index in [-0.39, 0.29) is 24.6 Å². The van der Waals surface area contributed by atoms with Crippen molar-refractivity contribution in [1.82, 2.24) is 9.78 Å². The number of fused-ring (bicyclic) bond motifs is 1. The van der Waals surface area contributed by atoms with Gasteiger partial charge in [-0.25, -0.2) is 14.3 Å². The molecule has 1 amide bonds. The lowest BCUT2D eigenvalue weighted by atomic mass is 10.1. The SMILES string of the molecule is CCOC(=O)c1cnn(-c2ccccc2)c1NC(=O)COc1ccc2c(C)cc(=O)oc2c1. The third-order valence-corrected chi connectivity index (χ3v) is 4.82. The van der Waals surface area contributed by atoms with Crippen molar-refractivity contribution in [2.45, 2.75) is 13.8 Å². The number of amides is 1. The molecule has 9 heteroatoms. The molecule has 2 aromatic carbocycles. The minimum Gasteiger partial charge on any atom is -0.484 e. The molecule has 0 atom stereocenters. The lowest BCUT2D eigenvalue weighted by Crippen LogP contribution is -2.23. The van der Waals surface area contributed by atoms with E-state index in [2.05, 4.69) is 10.4 Å². The van der Waals surface area contributed by atoms with Crippen LogP contribution in [-0.4, -0.2) is 34.9 Å². The van der Waals surface area contributed by atoms with Crippen molar-refractivity contribution in [1.29, 1.82) is 0 Å². The molecule has 4 rings (SSSR count). The number of benzene rings is 2. The average Bonchev–Trinajstić information content (AvgIpc) is 3.21. The Kier molecular flexibility index (Phi) is 6.21. The number of rotatable bonds is 7. The van der Waals surface area contributed by atoms with Crippen LogP contribution in [0.2, 0.25) is 0 Å². The Balaban J connectivity index is 1.54. The number of nitrogens with one attached hydrogen (secondary N) is 1. The van der Waals surface area contributed by atoms with Crippen LogP contribution in [0.25, 0.3) is 16.7 Å². The molecule has 0 spiro atoms. The Bertz CT molecular complexity index is 1370. The molecule has 0 aliphatic carbocycles. The number of hydrogen-bond acceptors (Lipinski definition) is 7. The van der Waals surface area contributed by atoms with Crippen LogP contribution in [0.3, 0.4) is 0 Å². The van der Waals surface area contributed by atoms with Crippen LogP contribution < -0.4 is 15.7 Å². The van der Waals surface area contributed by atoms with Crippen molar-refractivity contribution in [3.05, 3.63) is 82.3 Å². The molecule has 0 fully saturated rings. The molecule has 0 saturated carbocycles. The predicted molar refractivity (Wildman–Crippen MR) is 121 cm³/mol. The van der Waals surface area contributed by atoms with Gasteiger partial charge in [0, 0.05) is 17.5 Å². The zero-order valence-electron chi connectivity index (χ0n) is 18.0. The van der Waals surface area contributed by atoms with Crippen LogP contribution in [-0.2, 0) is 9.53 Å². The van der Waals surface area contributed by atoms with Crippen molar-refractivity contribution in [2.24, 2.45) is 0 Å². The van der Waals surface area contributed by atoms with Gasteiger partial charge in [0.25, 0.3) is 5.91 Å². The maximum absolute atomic E-state index is 12.7. The molecule has 0 aliphatic rings. The number of hydrogen-bond donors (Lipinski definition) is 1. The molecule has 1 N–H and O–H groups in total. The fourth-order valence-corrected chi connectivity index (χ4v) is 3.30. The molecule has 9 nitrogen and oxygen atoms in total. The van der Waals surface area contributed by atoms with Crippen LogP contribution in [0.1, 0.15) is 22.8 Å². The number of aromatic nitrogens is 2. The number of carbonyl (C=O) groups is 2. The number of nitrogens with zero attached hydrogens (tertiary/aromatic N) is 2. The number of esters is 1. The summed E-state index contributed by atoms with van der Waals surface area (Å²) in [6.07, 6.45) is 1.34. The van der Waals surface area contributed by atoms with E-state index in [0.29, 0.717) is 17.0 Å². The van der Waals surface area contributed by atoms with Gasteiger partial charge in [-0.05, 0) is 43.7 Å². The summed E-state index contributed by atoms with van der Waals surface area (Å²) in [6.45, 7) is 3.34. The fourth-order valence-electron chi connectivity index (χ4n) is 3.30. The minimum absolute atomic E-state index is 0.122. The molecule has 4 aromatic rings. The Morgan fingerprint density at radius 1 is 1.12 bits per heavy atom. The highest BCUT2D eigenvalue weighted by atomic mass is 16.5. The first-order chi connectivity index (χ1) is 16.0. The molecule has 2 aromatic heterocycles. The summed E-state index contributed by atoms with van der Waals surface area (Å²) in [4.78, 5) is 36.6. The third-order valence-electron chi connectivity index (χ3n) is 4.82. The zero-order chi connectivity index (χ0) is 23.4. The molecule has 2 heterocycles. The van der Waals surface area contributed by atoms with Crippen molar-refractivity contribution in [2.75, 3.05) is 18.5 Å². The van der Waals surface area contributed by atoms with Gasteiger partial charge in [-0.1, -0.05) is 18.2 Å². The van der Waals surface area contributed by atoms with Crippen molar-refractivity contribution < 1.29 is 23.5 Å². The van der Waals surface area contributed by atoms with E-state index in [4.69, 9.17) is 13.9 Å². The van der Waals surface area contributed by atoms with Crippen LogP contribution in [0.5, 0.6) is 5.75 Å². The highest BCUT2D eigenvalue weighted by Crippen LogP contribution is 2.23. The maximum atomic E-state index is 12.7. The van der Waals surface area contributed by atoms with Gasteiger partial charge in [-0.15, -0.1) is 0 Å². The highest BCUT2D eigenvalue weighted by molar-refractivity contribution is 6.01. The number of anilines is 1. The van der Waals surface area contributed by atoms with Crippen LogP contribution in [0.15, 0.2) is 70.0 Å². The van der Waals surface area contributed by atoms with Gasteiger partial charge < -0.3 is 19.2 Å². The van der Waals surface area contributed by atoms with Gasteiger partial charge in [0.1, 0.15) is 16.9 Å². The van der Waals surface area contributed by atoms with E-state index in [9.17, 15) is 14.4 Å². The lowest BCUT2D eigenvalue weighted by molar-refractivity contribution is -0.118. The third kappa shape index (κ3) is 4.77. The van der Waals surface area contributed by atoms with E-state index in [1.165, 1.54) is 16.9 Å².